The highest BCUT2D eigenvalue weighted by Gasteiger charge is 2.45. The second-order valence-corrected chi connectivity index (χ2v) is 2.64. The number of aliphatic carboxylic acids is 1. The van der Waals surface area contributed by atoms with Gasteiger partial charge in [0, 0.05) is 13.0 Å². The van der Waals surface area contributed by atoms with Crippen molar-refractivity contribution in [2.24, 2.45) is 5.73 Å². The number of ether oxygens (including phenoxy) is 1. The highest BCUT2D eigenvalue weighted by atomic mass is 19.1. The van der Waals surface area contributed by atoms with Gasteiger partial charge >= 0.3 is 5.97 Å². The lowest BCUT2D eigenvalue weighted by atomic mass is 9.90. The van der Waals surface area contributed by atoms with Crippen LogP contribution in [0.25, 0.3) is 0 Å². The average molecular weight is 163 g/mol. The molecule has 1 aliphatic heterocycles. The van der Waals surface area contributed by atoms with Crippen molar-refractivity contribution < 1.29 is 19.0 Å². The number of nitrogens with two attached hydrogens (primary N) is 1. The van der Waals surface area contributed by atoms with Gasteiger partial charge in [0.15, 0.2) is 11.7 Å². The molecule has 0 spiro atoms. The predicted molar refractivity (Wildman–Crippen MR) is 34.9 cm³/mol. The van der Waals surface area contributed by atoms with Crippen molar-refractivity contribution in [2.75, 3.05) is 13.2 Å². The first-order chi connectivity index (χ1) is 5.07. The molecule has 1 aliphatic rings. The van der Waals surface area contributed by atoms with Gasteiger partial charge in [-0.05, 0) is 0 Å². The molecule has 0 radical (unpaired) electrons. The standard InChI is InChI=1S/C6H10FNO3/c7-4-3-11-2-1-6(4,8)5(9)10/h4H,1-3,8H2,(H,9,10)/t4-,6-/m0/s1. The van der Waals surface area contributed by atoms with Gasteiger partial charge in [-0.1, -0.05) is 0 Å². The molecule has 0 saturated carbocycles. The summed E-state index contributed by atoms with van der Waals surface area (Å²) in [5.74, 6) is -1.30. The Morgan fingerprint density at radius 2 is 2.45 bits per heavy atom. The predicted octanol–water partition coefficient (Wildman–Crippen LogP) is -0.473. The Morgan fingerprint density at radius 3 is 2.82 bits per heavy atom. The molecule has 0 aliphatic carbocycles. The quantitative estimate of drug-likeness (QED) is 0.548. The zero-order valence-electron chi connectivity index (χ0n) is 5.92. The van der Waals surface area contributed by atoms with Crippen LogP contribution in [0.4, 0.5) is 4.39 Å². The maximum Gasteiger partial charge on any atom is 0.326 e. The van der Waals surface area contributed by atoms with E-state index in [0.717, 1.165) is 0 Å². The van der Waals surface area contributed by atoms with Crippen LogP contribution in [0.5, 0.6) is 0 Å². The number of hydrogen-bond acceptors (Lipinski definition) is 3. The summed E-state index contributed by atoms with van der Waals surface area (Å²) < 4.78 is 17.6. The Balaban J connectivity index is 2.72. The topological polar surface area (TPSA) is 72.6 Å². The van der Waals surface area contributed by atoms with E-state index in [1.165, 1.54) is 0 Å². The molecule has 5 heteroatoms. The summed E-state index contributed by atoms with van der Waals surface area (Å²) in [6.07, 6.45) is -1.57. The van der Waals surface area contributed by atoms with Gasteiger partial charge in [0.25, 0.3) is 0 Å². The molecule has 0 aromatic heterocycles. The van der Waals surface area contributed by atoms with Gasteiger partial charge in [-0.3, -0.25) is 4.79 Å². The molecule has 1 fully saturated rings. The van der Waals surface area contributed by atoms with Crippen LogP contribution in [0.3, 0.4) is 0 Å². The molecule has 0 unspecified atom stereocenters. The fourth-order valence-electron chi connectivity index (χ4n) is 0.974. The SMILES string of the molecule is N[C@@]1(C(=O)O)CCOC[C@@H]1F. The van der Waals surface area contributed by atoms with Crippen LogP contribution >= 0.6 is 0 Å². The third kappa shape index (κ3) is 1.34. The van der Waals surface area contributed by atoms with Crippen LogP contribution in [0.15, 0.2) is 0 Å². The maximum absolute atomic E-state index is 12.9. The fraction of sp³-hybridized carbons (Fsp3) is 0.833. The largest absolute Gasteiger partial charge is 0.480 e. The summed E-state index contributed by atoms with van der Waals surface area (Å²) in [6, 6.07) is 0. The van der Waals surface area contributed by atoms with Gasteiger partial charge in [-0.15, -0.1) is 0 Å². The van der Waals surface area contributed by atoms with E-state index < -0.39 is 17.7 Å². The summed E-state index contributed by atoms with van der Waals surface area (Å²) in [5.41, 5.74) is 3.55. The normalized spacial score (nSPS) is 38.5. The van der Waals surface area contributed by atoms with Crippen molar-refractivity contribution >= 4 is 5.97 Å². The van der Waals surface area contributed by atoms with Crippen molar-refractivity contribution in [3.8, 4) is 0 Å². The van der Waals surface area contributed by atoms with Gasteiger partial charge in [0.1, 0.15) is 0 Å². The summed E-state index contributed by atoms with van der Waals surface area (Å²) in [4.78, 5) is 10.5. The summed E-state index contributed by atoms with van der Waals surface area (Å²) in [6.45, 7) is -0.00792. The van der Waals surface area contributed by atoms with Crippen molar-refractivity contribution in [3.05, 3.63) is 0 Å². The Morgan fingerprint density at radius 1 is 1.82 bits per heavy atom. The molecule has 0 amide bonds. The second-order valence-electron chi connectivity index (χ2n) is 2.64. The Bertz CT molecular complexity index is 175. The first-order valence-electron chi connectivity index (χ1n) is 3.31. The first-order valence-corrected chi connectivity index (χ1v) is 3.31. The maximum atomic E-state index is 12.9. The zero-order valence-corrected chi connectivity index (χ0v) is 5.92. The molecule has 0 aromatic rings. The smallest absolute Gasteiger partial charge is 0.326 e. The van der Waals surface area contributed by atoms with Crippen molar-refractivity contribution in [2.45, 2.75) is 18.1 Å². The van der Waals surface area contributed by atoms with Crippen LogP contribution in [-0.4, -0.2) is 36.0 Å². The van der Waals surface area contributed by atoms with Gasteiger partial charge in [-0.2, -0.15) is 0 Å². The second kappa shape index (κ2) is 2.75. The molecule has 0 bridgehead atoms. The molecule has 64 valence electrons. The summed E-state index contributed by atoms with van der Waals surface area (Å²) >= 11 is 0. The molecular formula is C6H10FNO3. The van der Waals surface area contributed by atoms with Gasteiger partial charge in [0.2, 0.25) is 0 Å². The third-order valence-corrected chi connectivity index (χ3v) is 1.88. The molecule has 1 heterocycles. The molecule has 3 N–H and O–H groups in total. The highest BCUT2D eigenvalue weighted by Crippen LogP contribution is 2.21. The molecular weight excluding hydrogens is 153 g/mol. The van der Waals surface area contributed by atoms with E-state index in [2.05, 4.69) is 0 Å². The Kier molecular flexibility index (Phi) is 2.10. The molecule has 4 nitrogen and oxygen atoms in total. The number of carboxylic acids is 1. The van der Waals surface area contributed by atoms with E-state index in [4.69, 9.17) is 15.6 Å². The monoisotopic (exact) mass is 163 g/mol. The van der Waals surface area contributed by atoms with Gasteiger partial charge in [0.05, 0.1) is 6.61 Å². The first kappa shape index (κ1) is 8.42. The highest BCUT2D eigenvalue weighted by molar-refractivity contribution is 5.79. The third-order valence-electron chi connectivity index (χ3n) is 1.88. The fourth-order valence-corrected chi connectivity index (χ4v) is 0.974. The lowest BCUT2D eigenvalue weighted by Crippen LogP contribution is -2.60. The van der Waals surface area contributed by atoms with Crippen LogP contribution in [0, 0.1) is 0 Å². The van der Waals surface area contributed by atoms with Crippen molar-refractivity contribution in [1.82, 2.24) is 0 Å². The molecule has 2 atom stereocenters. The molecule has 1 rings (SSSR count). The molecule has 1 saturated heterocycles. The average Bonchev–Trinajstić information content (AvgIpc) is 1.95. The minimum atomic E-state index is -1.74. The van der Waals surface area contributed by atoms with E-state index in [-0.39, 0.29) is 19.6 Å². The van der Waals surface area contributed by atoms with Crippen molar-refractivity contribution in [3.63, 3.8) is 0 Å². The van der Waals surface area contributed by atoms with E-state index >= 15 is 0 Å². The summed E-state index contributed by atoms with van der Waals surface area (Å²) in [7, 11) is 0. The van der Waals surface area contributed by atoms with Gasteiger partial charge < -0.3 is 15.6 Å². The number of alkyl halides is 1. The van der Waals surface area contributed by atoms with Crippen molar-refractivity contribution in [1.29, 1.82) is 0 Å². The van der Waals surface area contributed by atoms with E-state index in [1.807, 2.05) is 0 Å². The van der Waals surface area contributed by atoms with E-state index in [0.29, 0.717) is 0 Å². The lowest BCUT2D eigenvalue weighted by Gasteiger charge is -2.32. The lowest BCUT2D eigenvalue weighted by molar-refractivity contribution is -0.151. The van der Waals surface area contributed by atoms with Crippen LogP contribution in [0.2, 0.25) is 0 Å². The Labute approximate surface area is 63.1 Å². The minimum absolute atomic E-state index is 0.0312. The van der Waals surface area contributed by atoms with Crippen LogP contribution < -0.4 is 5.73 Å². The Hall–Kier alpha value is -0.680. The van der Waals surface area contributed by atoms with Crippen LogP contribution in [0.1, 0.15) is 6.42 Å². The zero-order chi connectivity index (χ0) is 8.48. The number of carbonyl (C=O) groups is 1. The van der Waals surface area contributed by atoms with Crippen LogP contribution in [-0.2, 0) is 9.53 Å². The van der Waals surface area contributed by atoms with E-state index in [9.17, 15) is 9.18 Å². The number of carboxylic acid groups (broad SMARTS) is 1. The number of rotatable bonds is 1. The molecule has 0 aromatic carbocycles. The minimum Gasteiger partial charge on any atom is -0.480 e. The summed E-state index contributed by atoms with van der Waals surface area (Å²) in [5, 5.41) is 8.55. The number of hydrogen-bond donors (Lipinski definition) is 2. The number of halogens is 1. The van der Waals surface area contributed by atoms with Gasteiger partial charge in [-0.25, -0.2) is 4.39 Å². The molecule has 11 heavy (non-hydrogen) atoms. The van der Waals surface area contributed by atoms with E-state index in [1.54, 1.807) is 0 Å².